The summed E-state index contributed by atoms with van der Waals surface area (Å²) in [6, 6.07) is 2.76. The molecule has 1 aromatic carbocycles. The van der Waals surface area contributed by atoms with Gasteiger partial charge >= 0.3 is 6.03 Å². The molecule has 1 aromatic rings. The Balaban J connectivity index is 2.04. The molecule has 3 amide bonds. The SMILES string of the molecule is CC(C)Oc1ccc(F)cc1NC(=O)NC1CCCCNC1=O. The Bertz CT molecular complexity index is 578. The van der Waals surface area contributed by atoms with Gasteiger partial charge in [-0.15, -0.1) is 0 Å². The second-order valence-corrected chi connectivity index (χ2v) is 5.74. The molecule has 6 nitrogen and oxygen atoms in total. The molecule has 0 aliphatic carbocycles. The summed E-state index contributed by atoms with van der Waals surface area (Å²) in [4.78, 5) is 23.9. The second kappa shape index (κ2) is 7.80. The summed E-state index contributed by atoms with van der Waals surface area (Å²) in [5.41, 5.74) is 0.227. The number of anilines is 1. The molecular weight excluding hydrogens is 301 g/mol. The van der Waals surface area contributed by atoms with E-state index in [-0.39, 0.29) is 17.7 Å². The number of hydrogen-bond donors (Lipinski definition) is 3. The number of nitrogens with one attached hydrogen (secondary N) is 3. The van der Waals surface area contributed by atoms with Crippen LogP contribution in [0.2, 0.25) is 0 Å². The minimum absolute atomic E-state index is 0.114. The van der Waals surface area contributed by atoms with Gasteiger partial charge in [0.25, 0.3) is 0 Å². The molecule has 0 spiro atoms. The number of rotatable bonds is 4. The van der Waals surface area contributed by atoms with Crippen LogP contribution in [0.4, 0.5) is 14.9 Å². The molecule has 1 saturated heterocycles. The molecule has 1 heterocycles. The first-order valence-corrected chi connectivity index (χ1v) is 7.77. The highest BCUT2D eigenvalue weighted by Gasteiger charge is 2.22. The van der Waals surface area contributed by atoms with Crippen molar-refractivity contribution in [3.8, 4) is 5.75 Å². The maximum absolute atomic E-state index is 13.4. The van der Waals surface area contributed by atoms with Crippen LogP contribution in [0.25, 0.3) is 0 Å². The van der Waals surface area contributed by atoms with Crippen LogP contribution in [0.15, 0.2) is 18.2 Å². The van der Waals surface area contributed by atoms with Crippen molar-refractivity contribution in [2.75, 3.05) is 11.9 Å². The summed E-state index contributed by atoms with van der Waals surface area (Å²) >= 11 is 0. The Morgan fingerprint density at radius 2 is 2.17 bits per heavy atom. The van der Waals surface area contributed by atoms with Crippen molar-refractivity contribution in [3.63, 3.8) is 0 Å². The number of ether oxygens (including phenoxy) is 1. The Labute approximate surface area is 134 Å². The molecule has 1 aliphatic heterocycles. The lowest BCUT2D eigenvalue weighted by molar-refractivity contribution is -0.122. The Morgan fingerprint density at radius 3 is 2.91 bits per heavy atom. The average Bonchev–Trinajstić information content (AvgIpc) is 2.67. The van der Waals surface area contributed by atoms with E-state index in [4.69, 9.17) is 4.74 Å². The molecule has 23 heavy (non-hydrogen) atoms. The van der Waals surface area contributed by atoms with E-state index in [1.807, 2.05) is 13.8 Å². The van der Waals surface area contributed by atoms with Gasteiger partial charge in [-0.2, -0.15) is 0 Å². The summed E-state index contributed by atoms with van der Waals surface area (Å²) < 4.78 is 19.0. The van der Waals surface area contributed by atoms with Gasteiger partial charge in [0.1, 0.15) is 17.6 Å². The number of urea groups is 1. The highest BCUT2D eigenvalue weighted by Crippen LogP contribution is 2.26. The molecule has 1 atom stereocenters. The number of benzene rings is 1. The van der Waals surface area contributed by atoms with Crippen LogP contribution >= 0.6 is 0 Å². The molecule has 7 heteroatoms. The molecule has 2 rings (SSSR count). The third-order valence-corrected chi connectivity index (χ3v) is 3.39. The van der Waals surface area contributed by atoms with Gasteiger partial charge < -0.3 is 20.7 Å². The third kappa shape index (κ3) is 5.12. The van der Waals surface area contributed by atoms with Gasteiger partial charge in [-0.05, 0) is 45.2 Å². The van der Waals surface area contributed by atoms with Gasteiger partial charge in [0.05, 0.1) is 11.8 Å². The van der Waals surface area contributed by atoms with Gasteiger partial charge in [0.2, 0.25) is 5.91 Å². The molecule has 126 valence electrons. The average molecular weight is 323 g/mol. The van der Waals surface area contributed by atoms with Crippen molar-refractivity contribution in [2.24, 2.45) is 0 Å². The smallest absolute Gasteiger partial charge is 0.319 e. The molecule has 0 aromatic heterocycles. The summed E-state index contributed by atoms with van der Waals surface area (Å²) in [5, 5.41) is 7.91. The van der Waals surface area contributed by atoms with E-state index in [9.17, 15) is 14.0 Å². The number of carbonyl (C=O) groups is 2. The van der Waals surface area contributed by atoms with E-state index >= 15 is 0 Å². The highest BCUT2D eigenvalue weighted by atomic mass is 19.1. The summed E-state index contributed by atoms with van der Waals surface area (Å²) in [6.45, 7) is 4.29. The Morgan fingerprint density at radius 1 is 1.39 bits per heavy atom. The van der Waals surface area contributed by atoms with E-state index < -0.39 is 17.9 Å². The van der Waals surface area contributed by atoms with Gasteiger partial charge in [0.15, 0.2) is 0 Å². The zero-order valence-electron chi connectivity index (χ0n) is 13.3. The zero-order chi connectivity index (χ0) is 16.8. The lowest BCUT2D eigenvalue weighted by atomic mass is 10.1. The maximum Gasteiger partial charge on any atom is 0.319 e. The van der Waals surface area contributed by atoms with Crippen molar-refractivity contribution >= 4 is 17.6 Å². The van der Waals surface area contributed by atoms with E-state index in [0.717, 1.165) is 12.8 Å². The van der Waals surface area contributed by atoms with Gasteiger partial charge in [-0.1, -0.05) is 0 Å². The standard InChI is InChI=1S/C16H22FN3O3/c1-10(2)23-14-7-6-11(17)9-13(14)20-16(22)19-12-5-3-4-8-18-15(12)21/h6-7,9-10,12H,3-5,8H2,1-2H3,(H,18,21)(H2,19,20,22). The second-order valence-electron chi connectivity index (χ2n) is 5.74. The molecule has 3 N–H and O–H groups in total. The maximum atomic E-state index is 13.4. The molecule has 0 bridgehead atoms. The first-order chi connectivity index (χ1) is 11.0. The van der Waals surface area contributed by atoms with Crippen molar-refractivity contribution in [2.45, 2.75) is 45.3 Å². The Hall–Kier alpha value is -2.31. The molecule has 1 unspecified atom stereocenters. The van der Waals surface area contributed by atoms with Crippen LogP contribution in [0, 0.1) is 5.82 Å². The fourth-order valence-corrected chi connectivity index (χ4v) is 2.35. The van der Waals surface area contributed by atoms with Crippen LogP contribution in [-0.4, -0.2) is 30.6 Å². The van der Waals surface area contributed by atoms with Gasteiger partial charge in [0, 0.05) is 12.6 Å². The van der Waals surface area contributed by atoms with E-state index in [0.29, 0.717) is 18.7 Å². The van der Waals surface area contributed by atoms with Crippen LogP contribution in [-0.2, 0) is 4.79 Å². The molecule has 0 saturated carbocycles. The Kier molecular flexibility index (Phi) is 5.78. The number of hydrogen-bond acceptors (Lipinski definition) is 3. The first kappa shape index (κ1) is 17.1. The molecule has 1 fully saturated rings. The number of halogens is 1. The van der Waals surface area contributed by atoms with E-state index in [2.05, 4.69) is 16.0 Å². The first-order valence-electron chi connectivity index (χ1n) is 7.77. The van der Waals surface area contributed by atoms with Gasteiger partial charge in [-0.25, -0.2) is 9.18 Å². The number of carbonyl (C=O) groups excluding carboxylic acids is 2. The lowest BCUT2D eigenvalue weighted by Gasteiger charge is -2.18. The van der Waals surface area contributed by atoms with Crippen molar-refractivity contribution in [1.82, 2.24) is 10.6 Å². The van der Waals surface area contributed by atoms with E-state index in [1.165, 1.54) is 18.2 Å². The summed E-state index contributed by atoms with van der Waals surface area (Å²) in [5.74, 6) is -0.305. The molecule has 0 radical (unpaired) electrons. The zero-order valence-corrected chi connectivity index (χ0v) is 13.3. The minimum atomic E-state index is -0.583. The predicted octanol–water partition coefficient (Wildman–Crippen LogP) is 2.40. The topological polar surface area (TPSA) is 79.5 Å². The van der Waals surface area contributed by atoms with Crippen LogP contribution < -0.4 is 20.7 Å². The van der Waals surface area contributed by atoms with Crippen molar-refractivity contribution < 1.29 is 18.7 Å². The fraction of sp³-hybridized carbons (Fsp3) is 0.500. The van der Waals surface area contributed by atoms with Crippen LogP contribution in [0.3, 0.4) is 0 Å². The van der Waals surface area contributed by atoms with Crippen molar-refractivity contribution in [3.05, 3.63) is 24.0 Å². The normalized spacial score (nSPS) is 18.1. The fourth-order valence-electron chi connectivity index (χ4n) is 2.35. The van der Waals surface area contributed by atoms with Crippen LogP contribution in [0.5, 0.6) is 5.75 Å². The van der Waals surface area contributed by atoms with E-state index in [1.54, 1.807) is 0 Å². The third-order valence-electron chi connectivity index (χ3n) is 3.39. The lowest BCUT2D eigenvalue weighted by Crippen LogP contribution is -2.47. The monoisotopic (exact) mass is 323 g/mol. The summed E-state index contributed by atoms with van der Waals surface area (Å²) in [7, 11) is 0. The number of amides is 3. The summed E-state index contributed by atoms with van der Waals surface area (Å²) in [6.07, 6.45) is 2.21. The predicted molar refractivity (Wildman–Crippen MR) is 85.0 cm³/mol. The quantitative estimate of drug-likeness (QED) is 0.796. The molecule has 1 aliphatic rings. The van der Waals surface area contributed by atoms with Crippen LogP contribution in [0.1, 0.15) is 33.1 Å². The van der Waals surface area contributed by atoms with Gasteiger partial charge in [-0.3, -0.25) is 4.79 Å². The minimum Gasteiger partial charge on any atom is -0.489 e. The highest BCUT2D eigenvalue weighted by molar-refractivity contribution is 5.94. The van der Waals surface area contributed by atoms with Crippen molar-refractivity contribution in [1.29, 1.82) is 0 Å². The molecular formula is C16H22FN3O3. The largest absolute Gasteiger partial charge is 0.489 e.